The first-order valence-corrected chi connectivity index (χ1v) is 5.70. The van der Waals surface area contributed by atoms with Crippen LogP contribution < -0.4 is 0 Å². The van der Waals surface area contributed by atoms with Gasteiger partial charge < -0.3 is 0 Å². The van der Waals surface area contributed by atoms with Gasteiger partial charge in [0, 0.05) is 0 Å². The van der Waals surface area contributed by atoms with Gasteiger partial charge in [0.2, 0.25) is 0 Å². The van der Waals surface area contributed by atoms with E-state index in [0.717, 1.165) is 11.1 Å². The van der Waals surface area contributed by atoms with Crippen molar-refractivity contribution >= 4 is 21.6 Å². The molecule has 0 bridgehead atoms. The van der Waals surface area contributed by atoms with Crippen LogP contribution in [0.15, 0.2) is 12.1 Å². The van der Waals surface area contributed by atoms with Crippen molar-refractivity contribution < 1.29 is 13.2 Å². The number of rotatable bonds is 1. The van der Waals surface area contributed by atoms with Crippen LogP contribution in [0.25, 0.3) is 10.2 Å². The van der Waals surface area contributed by atoms with E-state index in [1.807, 2.05) is 6.92 Å². The van der Waals surface area contributed by atoms with E-state index in [9.17, 15) is 13.2 Å². The standard InChI is InChI=1S/C11H10F3NS/c1-3-9-15-10-7(11(12,13)14)4-6(2)5-8(10)16-9/h4-5H,3H2,1-2H3. The highest BCUT2D eigenvalue weighted by Gasteiger charge is 2.34. The lowest BCUT2D eigenvalue weighted by atomic mass is 10.1. The summed E-state index contributed by atoms with van der Waals surface area (Å²) in [5, 5.41) is 0.742. The molecule has 1 aromatic carbocycles. The van der Waals surface area contributed by atoms with Crippen molar-refractivity contribution in [2.24, 2.45) is 0 Å². The summed E-state index contributed by atoms with van der Waals surface area (Å²) < 4.78 is 38.9. The molecule has 0 saturated heterocycles. The molecule has 86 valence electrons. The Hall–Kier alpha value is -1.10. The Morgan fingerprint density at radius 3 is 2.56 bits per heavy atom. The summed E-state index contributed by atoms with van der Waals surface area (Å²) in [6, 6.07) is 2.91. The number of halogens is 3. The Morgan fingerprint density at radius 1 is 1.31 bits per heavy atom. The van der Waals surface area contributed by atoms with E-state index in [4.69, 9.17) is 0 Å². The fourth-order valence-corrected chi connectivity index (χ4v) is 2.61. The highest BCUT2D eigenvalue weighted by molar-refractivity contribution is 7.18. The van der Waals surface area contributed by atoms with Crippen LogP contribution >= 0.6 is 11.3 Å². The maximum absolute atomic E-state index is 12.8. The number of fused-ring (bicyclic) bond motifs is 1. The normalized spacial score (nSPS) is 12.3. The number of aryl methyl sites for hydroxylation is 2. The summed E-state index contributed by atoms with van der Waals surface area (Å²) in [5.74, 6) is 0. The Morgan fingerprint density at radius 2 is 2.00 bits per heavy atom. The third-order valence-corrected chi connectivity index (χ3v) is 3.44. The van der Waals surface area contributed by atoms with E-state index in [2.05, 4.69) is 4.98 Å². The minimum absolute atomic E-state index is 0.0833. The molecule has 0 radical (unpaired) electrons. The van der Waals surface area contributed by atoms with E-state index < -0.39 is 11.7 Å². The molecule has 0 aliphatic rings. The summed E-state index contributed by atoms with van der Waals surface area (Å²) in [6.45, 7) is 3.55. The molecule has 0 fully saturated rings. The topological polar surface area (TPSA) is 12.9 Å². The molecule has 1 heterocycles. The zero-order valence-corrected chi connectivity index (χ0v) is 9.67. The third kappa shape index (κ3) is 1.91. The molecule has 0 saturated carbocycles. The number of alkyl halides is 3. The van der Waals surface area contributed by atoms with Crippen molar-refractivity contribution in [2.45, 2.75) is 26.4 Å². The van der Waals surface area contributed by atoms with Gasteiger partial charge in [-0.15, -0.1) is 11.3 Å². The number of hydrogen-bond donors (Lipinski definition) is 0. The average Bonchev–Trinajstić information content (AvgIpc) is 2.57. The van der Waals surface area contributed by atoms with Crippen molar-refractivity contribution in [3.05, 3.63) is 28.3 Å². The second-order valence-electron chi connectivity index (χ2n) is 3.62. The zero-order valence-electron chi connectivity index (χ0n) is 8.85. The quantitative estimate of drug-likeness (QED) is 0.734. The maximum Gasteiger partial charge on any atom is 0.418 e. The second kappa shape index (κ2) is 3.73. The van der Waals surface area contributed by atoms with Crippen LogP contribution in [0.5, 0.6) is 0 Å². The predicted molar refractivity (Wildman–Crippen MR) is 58.7 cm³/mol. The summed E-state index contributed by atoms with van der Waals surface area (Å²) >= 11 is 1.33. The van der Waals surface area contributed by atoms with Crippen molar-refractivity contribution in [2.75, 3.05) is 0 Å². The molecule has 16 heavy (non-hydrogen) atoms. The lowest BCUT2D eigenvalue weighted by molar-refractivity contribution is -0.136. The fraction of sp³-hybridized carbons (Fsp3) is 0.364. The SMILES string of the molecule is CCc1nc2c(C(F)(F)F)cc(C)cc2s1. The van der Waals surface area contributed by atoms with Gasteiger partial charge in [-0.3, -0.25) is 0 Å². The highest BCUT2D eigenvalue weighted by atomic mass is 32.1. The maximum atomic E-state index is 12.8. The number of hydrogen-bond acceptors (Lipinski definition) is 2. The second-order valence-corrected chi connectivity index (χ2v) is 4.73. The van der Waals surface area contributed by atoms with E-state index in [1.54, 1.807) is 13.0 Å². The fourth-order valence-electron chi connectivity index (χ4n) is 1.58. The van der Waals surface area contributed by atoms with E-state index in [1.165, 1.54) is 11.3 Å². The van der Waals surface area contributed by atoms with Gasteiger partial charge in [0.15, 0.2) is 0 Å². The van der Waals surface area contributed by atoms with Gasteiger partial charge in [0.1, 0.15) is 0 Å². The number of benzene rings is 1. The Bertz CT molecular complexity index is 528. The number of aromatic nitrogens is 1. The highest BCUT2D eigenvalue weighted by Crippen LogP contribution is 2.37. The molecular weight excluding hydrogens is 235 g/mol. The van der Waals surface area contributed by atoms with Crippen molar-refractivity contribution in [1.82, 2.24) is 4.98 Å². The summed E-state index contributed by atoms with van der Waals surface area (Å²) in [7, 11) is 0. The molecule has 1 aromatic heterocycles. The van der Waals surface area contributed by atoms with Crippen LogP contribution in [0, 0.1) is 6.92 Å². The number of nitrogens with zero attached hydrogens (tertiary/aromatic N) is 1. The van der Waals surface area contributed by atoms with Crippen LogP contribution in [0.1, 0.15) is 23.1 Å². The smallest absolute Gasteiger partial charge is 0.241 e. The third-order valence-electron chi connectivity index (χ3n) is 2.29. The van der Waals surface area contributed by atoms with Gasteiger partial charge in [0.25, 0.3) is 0 Å². The first-order valence-electron chi connectivity index (χ1n) is 4.89. The minimum atomic E-state index is -4.33. The van der Waals surface area contributed by atoms with Crippen LogP contribution in [-0.4, -0.2) is 4.98 Å². The van der Waals surface area contributed by atoms with E-state index >= 15 is 0 Å². The molecule has 0 atom stereocenters. The Balaban J connectivity index is 2.76. The van der Waals surface area contributed by atoms with Crippen LogP contribution in [0.3, 0.4) is 0 Å². The monoisotopic (exact) mass is 245 g/mol. The molecule has 2 aromatic rings. The Kier molecular flexibility index (Phi) is 2.66. The molecule has 0 aliphatic carbocycles. The molecular formula is C11H10F3NS. The Labute approximate surface area is 94.9 Å². The molecule has 0 aliphatic heterocycles. The lowest BCUT2D eigenvalue weighted by Crippen LogP contribution is -2.06. The summed E-state index contributed by atoms with van der Waals surface area (Å²) in [6.07, 6.45) is -3.67. The minimum Gasteiger partial charge on any atom is -0.241 e. The lowest BCUT2D eigenvalue weighted by Gasteiger charge is -2.07. The summed E-state index contributed by atoms with van der Waals surface area (Å²) in [4.78, 5) is 4.04. The molecule has 2 rings (SSSR count). The van der Waals surface area contributed by atoms with Gasteiger partial charge in [-0.2, -0.15) is 13.2 Å². The molecule has 0 spiro atoms. The van der Waals surface area contributed by atoms with E-state index in [-0.39, 0.29) is 5.52 Å². The molecule has 5 heteroatoms. The van der Waals surface area contributed by atoms with Gasteiger partial charge in [-0.05, 0) is 31.0 Å². The van der Waals surface area contributed by atoms with Crippen LogP contribution in [0.2, 0.25) is 0 Å². The predicted octanol–water partition coefficient (Wildman–Crippen LogP) is 4.19. The largest absolute Gasteiger partial charge is 0.418 e. The van der Waals surface area contributed by atoms with Crippen molar-refractivity contribution in [1.29, 1.82) is 0 Å². The van der Waals surface area contributed by atoms with Crippen LogP contribution in [-0.2, 0) is 12.6 Å². The van der Waals surface area contributed by atoms with Crippen LogP contribution in [0.4, 0.5) is 13.2 Å². The van der Waals surface area contributed by atoms with Crippen molar-refractivity contribution in [3.8, 4) is 0 Å². The average molecular weight is 245 g/mol. The van der Waals surface area contributed by atoms with Gasteiger partial charge in [-0.1, -0.05) is 6.92 Å². The first kappa shape index (κ1) is 11.4. The first-order chi connectivity index (χ1) is 7.41. The van der Waals surface area contributed by atoms with Crippen molar-refractivity contribution in [3.63, 3.8) is 0 Å². The molecule has 1 nitrogen and oxygen atoms in total. The number of thiazole rings is 1. The molecule has 0 unspecified atom stereocenters. The van der Waals surface area contributed by atoms with Gasteiger partial charge in [-0.25, -0.2) is 4.98 Å². The molecule has 0 amide bonds. The van der Waals surface area contributed by atoms with Gasteiger partial charge >= 0.3 is 6.18 Å². The van der Waals surface area contributed by atoms with Gasteiger partial charge in [0.05, 0.1) is 20.8 Å². The molecule has 0 N–H and O–H groups in total. The van der Waals surface area contributed by atoms with E-state index in [0.29, 0.717) is 16.7 Å². The zero-order chi connectivity index (χ0) is 11.9. The summed E-state index contributed by atoms with van der Waals surface area (Å²) in [5.41, 5.74) is 0.0736.